The van der Waals surface area contributed by atoms with Gasteiger partial charge in [0.15, 0.2) is 0 Å². The maximum atomic E-state index is 14.3. The van der Waals surface area contributed by atoms with Gasteiger partial charge in [0, 0.05) is 11.3 Å². The highest BCUT2D eigenvalue weighted by molar-refractivity contribution is 9.11. The summed E-state index contributed by atoms with van der Waals surface area (Å²) >= 11 is 3.50. The molecule has 2 aromatic rings. The zero-order valence-corrected chi connectivity index (χ0v) is 16.1. The Bertz CT molecular complexity index is 883. The average Bonchev–Trinajstić information content (AvgIpc) is 2.63. The van der Waals surface area contributed by atoms with Crippen molar-refractivity contribution >= 4 is 27.7 Å². The largest absolute Gasteiger partial charge is 0.495 e. The molecule has 1 aliphatic rings. The van der Waals surface area contributed by atoms with Gasteiger partial charge in [-0.15, -0.1) is 0 Å². The van der Waals surface area contributed by atoms with Gasteiger partial charge in [-0.1, -0.05) is 42.5 Å². The van der Waals surface area contributed by atoms with E-state index >= 15 is 0 Å². The van der Waals surface area contributed by atoms with Crippen molar-refractivity contribution in [1.29, 1.82) is 0 Å². The summed E-state index contributed by atoms with van der Waals surface area (Å²) in [5.74, 6) is -0.545. The van der Waals surface area contributed by atoms with Gasteiger partial charge in [-0.05, 0) is 46.6 Å². The molecule has 0 saturated heterocycles. The molecule has 2 aromatic carbocycles. The van der Waals surface area contributed by atoms with E-state index < -0.39 is 11.6 Å². The van der Waals surface area contributed by atoms with Gasteiger partial charge in [-0.2, -0.15) is 0 Å². The number of allylic oxidation sites excluding steroid dienone is 2. The quantitative estimate of drug-likeness (QED) is 0.602. The van der Waals surface area contributed by atoms with Crippen molar-refractivity contribution in [1.82, 2.24) is 0 Å². The molecule has 134 valence electrons. The molecule has 0 bridgehead atoms. The summed E-state index contributed by atoms with van der Waals surface area (Å²) in [6.07, 6.45) is 3.84. The van der Waals surface area contributed by atoms with Crippen LogP contribution in [0, 0.1) is 11.6 Å². The Hall–Kier alpha value is -2.40. The highest BCUT2D eigenvalue weighted by Crippen LogP contribution is 2.37. The van der Waals surface area contributed by atoms with Gasteiger partial charge in [0.25, 0.3) is 0 Å². The van der Waals surface area contributed by atoms with E-state index in [1.807, 2.05) is 49.4 Å². The van der Waals surface area contributed by atoms with Gasteiger partial charge >= 0.3 is 0 Å². The molecule has 0 fully saturated rings. The second-order valence-electron chi connectivity index (χ2n) is 5.84. The second kappa shape index (κ2) is 7.87. The molecule has 1 aliphatic heterocycles. The zero-order valence-electron chi connectivity index (χ0n) is 14.5. The van der Waals surface area contributed by atoms with Crippen LogP contribution in [-0.4, -0.2) is 13.7 Å². The van der Waals surface area contributed by atoms with Crippen molar-refractivity contribution in [3.63, 3.8) is 0 Å². The van der Waals surface area contributed by atoms with Crippen molar-refractivity contribution in [2.75, 3.05) is 18.6 Å². The van der Waals surface area contributed by atoms with Crippen LogP contribution in [0.5, 0.6) is 0 Å². The minimum Gasteiger partial charge on any atom is -0.495 e. The topological polar surface area (TPSA) is 12.5 Å². The Kier molecular flexibility index (Phi) is 5.57. The van der Waals surface area contributed by atoms with Gasteiger partial charge in [0.1, 0.15) is 23.1 Å². The van der Waals surface area contributed by atoms with Crippen LogP contribution in [0.15, 0.2) is 76.1 Å². The molecule has 0 amide bonds. The first kappa shape index (κ1) is 18.4. The van der Waals surface area contributed by atoms with Crippen LogP contribution >= 0.6 is 15.9 Å². The van der Waals surface area contributed by atoms with Crippen molar-refractivity contribution in [3.8, 4) is 0 Å². The van der Waals surface area contributed by atoms with E-state index in [1.54, 1.807) is 12.0 Å². The van der Waals surface area contributed by atoms with Crippen LogP contribution < -0.4 is 4.90 Å². The normalized spacial score (nSPS) is 15.2. The van der Waals surface area contributed by atoms with Gasteiger partial charge in [-0.3, -0.25) is 0 Å². The monoisotopic (exact) mass is 417 g/mol. The van der Waals surface area contributed by atoms with E-state index in [9.17, 15) is 8.78 Å². The summed E-state index contributed by atoms with van der Waals surface area (Å²) in [6, 6.07) is 13.7. The molecule has 0 unspecified atom stereocenters. The first-order valence-corrected chi connectivity index (χ1v) is 8.90. The van der Waals surface area contributed by atoms with Crippen LogP contribution in [0.4, 0.5) is 14.5 Å². The highest BCUT2D eigenvalue weighted by Gasteiger charge is 2.27. The third kappa shape index (κ3) is 3.58. The average molecular weight is 418 g/mol. The summed E-state index contributed by atoms with van der Waals surface area (Å²) in [6.45, 7) is 2.12. The predicted octanol–water partition coefficient (Wildman–Crippen LogP) is 6.03. The van der Waals surface area contributed by atoms with Crippen molar-refractivity contribution in [3.05, 3.63) is 93.3 Å². The Morgan fingerprint density at radius 2 is 1.65 bits per heavy atom. The summed E-state index contributed by atoms with van der Waals surface area (Å²) < 4.78 is 34.9. The van der Waals surface area contributed by atoms with E-state index in [2.05, 4.69) is 15.9 Å². The number of anilines is 1. The summed E-state index contributed by atoms with van der Waals surface area (Å²) in [5.41, 5.74) is 2.43. The summed E-state index contributed by atoms with van der Waals surface area (Å²) in [4.78, 5) is 1.61. The second-order valence-corrected chi connectivity index (χ2v) is 6.79. The lowest BCUT2D eigenvalue weighted by Gasteiger charge is -2.32. The van der Waals surface area contributed by atoms with Crippen molar-refractivity contribution in [2.45, 2.75) is 6.92 Å². The number of hydrogen-bond donors (Lipinski definition) is 0. The minimum absolute atomic E-state index is 0.0669. The molecule has 3 rings (SSSR count). The molecule has 1 heterocycles. The molecule has 0 saturated carbocycles. The standard InChI is InChI=1S/C21H18BrF2NO/c1-14-16(12-11-15-7-4-3-5-8-15)21(26-2)17(22)13-25(14)20-18(23)9-6-10-19(20)24/h3-12H,13H2,1-2H3. The molecular weight excluding hydrogens is 400 g/mol. The maximum Gasteiger partial charge on any atom is 0.149 e. The molecule has 26 heavy (non-hydrogen) atoms. The van der Waals surface area contributed by atoms with Crippen molar-refractivity contribution in [2.24, 2.45) is 0 Å². The molecule has 5 heteroatoms. The highest BCUT2D eigenvalue weighted by atomic mass is 79.9. The lowest BCUT2D eigenvalue weighted by molar-refractivity contribution is 0.298. The Balaban J connectivity index is 2.09. The molecule has 0 spiro atoms. The minimum atomic E-state index is -0.600. The molecule has 0 aliphatic carbocycles. The maximum absolute atomic E-state index is 14.3. The zero-order chi connectivity index (χ0) is 18.7. The van der Waals surface area contributed by atoms with Crippen molar-refractivity contribution < 1.29 is 13.5 Å². The van der Waals surface area contributed by atoms with Gasteiger partial charge < -0.3 is 9.64 Å². The number of benzene rings is 2. The number of ether oxygens (including phenoxy) is 1. The van der Waals surface area contributed by atoms with Crippen LogP contribution in [0.1, 0.15) is 12.5 Å². The fourth-order valence-corrected chi connectivity index (χ4v) is 3.57. The van der Waals surface area contributed by atoms with E-state index in [1.165, 1.54) is 18.2 Å². The molecule has 0 radical (unpaired) electrons. The fraction of sp³-hybridized carbons (Fsp3) is 0.143. The SMILES string of the molecule is COC1=C(Br)CN(c2c(F)cccc2F)C(C)=C1C=Cc1ccccc1. The number of halogens is 3. The first-order valence-electron chi connectivity index (χ1n) is 8.11. The van der Waals surface area contributed by atoms with E-state index in [4.69, 9.17) is 4.74 Å². The predicted molar refractivity (Wildman–Crippen MR) is 105 cm³/mol. The van der Waals surface area contributed by atoms with E-state index in [0.717, 1.165) is 15.6 Å². The number of rotatable bonds is 4. The third-order valence-electron chi connectivity index (χ3n) is 4.24. The number of methoxy groups -OCH3 is 1. The van der Waals surface area contributed by atoms with Gasteiger partial charge in [0.05, 0.1) is 18.1 Å². The molecule has 0 atom stereocenters. The Morgan fingerprint density at radius 1 is 1.00 bits per heavy atom. The number of nitrogens with zero attached hydrogens (tertiary/aromatic N) is 1. The fourth-order valence-electron chi connectivity index (χ4n) is 2.94. The lowest BCUT2D eigenvalue weighted by atomic mass is 10.0. The van der Waals surface area contributed by atoms with Crippen LogP contribution in [-0.2, 0) is 4.74 Å². The smallest absolute Gasteiger partial charge is 0.149 e. The Morgan fingerprint density at radius 3 is 2.27 bits per heavy atom. The van der Waals surface area contributed by atoms with Gasteiger partial charge in [-0.25, -0.2) is 8.78 Å². The third-order valence-corrected chi connectivity index (χ3v) is 4.85. The Labute approximate surface area is 160 Å². The molecule has 0 N–H and O–H groups in total. The molecular formula is C21H18BrF2NO. The lowest BCUT2D eigenvalue weighted by Crippen LogP contribution is -2.30. The molecule has 0 aromatic heterocycles. The molecule has 2 nitrogen and oxygen atoms in total. The van der Waals surface area contributed by atoms with E-state index in [0.29, 0.717) is 11.5 Å². The summed E-state index contributed by atoms with van der Waals surface area (Å²) in [7, 11) is 1.58. The van der Waals surface area contributed by atoms with Crippen LogP contribution in [0.2, 0.25) is 0 Å². The summed E-state index contributed by atoms with van der Waals surface area (Å²) in [5, 5.41) is 0. The van der Waals surface area contributed by atoms with E-state index in [-0.39, 0.29) is 12.2 Å². The number of para-hydroxylation sites is 1. The van der Waals surface area contributed by atoms with Crippen LogP contribution in [0.3, 0.4) is 0 Å². The first-order chi connectivity index (χ1) is 12.5. The van der Waals surface area contributed by atoms with Crippen LogP contribution in [0.25, 0.3) is 6.08 Å². The number of hydrogen-bond acceptors (Lipinski definition) is 2. The van der Waals surface area contributed by atoms with Gasteiger partial charge in [0.2, 0.25) is 0 Å².